The number of nitrogens with one attached hydrogen (secondary N) is 1. The van der Waals surface area contributed by atoms with E-state index in [1.807, 2.05) is 30.3 Å². The number of carbonyl (C=O) groups excluding carboxylic acids is 1. The van der Waals surface area contributed by atoms with Crippen LogP contribution in [0.2, 0.25) is 0 Å². The number of sulfonamides is 1. The highest BCUT2D eigenvalue weighted by atomic mass is 32.2. The second-order valence-corrected chi connectivity index (χ2v) is 9.84. The van der Waals surface area contributed by atoms with Crippen LogP contribution in [0.25, 0.3) is 0 Å². The third-order valence-corrected chi connectivity index (χ3v) is 7.97. The summed E-state index contributed by atoms with van der Waals surface area (Å²) in [6.07, 6.45) is 0.777. The molecule has 32 heavy (non-hydrogen) atoms. The third kappa shape index (κ3) is 4.32. The lowest BCUT2D eigenvalue weighted by molar-refractivity contribution is -0.128. The van der Waals surface area contributed by atoms with Crippen molar-refractivity contribution in [3.8, 4) is 11.5 Å². The van der Waals surface area contributed by atoms with E-state index in [-0.39, 0.29) is 23.9 Å². The number of fused-ring (bicyclic) bond motifs is 1. The molecule has 2 aromatic carbocycles. The SMILES string of the molecule is COCCNC(=O)C1(c2ccccc2)CCN(S(=O)(=O)c2ccc3c(c2)OCCO3)CC1. The largest absolute Gasteiger partial charge is 0.486 e. The van der Waals surface area contributed by atoms with Gasteiger partial charge in [-0.3, -0.25) is 4.79 Å². The van der Waals surface area contributed by atoms with Gasteiger partial charge in [-0.2, -0.15) is 4.31 Å². The van der Waals surface area contributed by atoms with Crippen LogP contribution >= 0.6 is 0 Å². The van der Waals surface area contributed by atoms with Crippen LogP contribution in [0.3, 0.4) is 0 Å². The van der Waals surface area contributed by atoms with Gasteiger partial charge in [-0.25, -0.2) is 8.42 Å². The number of piperidine rings is 1. The lowest BCUT2D eigenvalue weighted by atomic mass is 9.72. The maximum absolute atomic E-state index is 13.3. The number of benzene rings is 2. The van der Waals surface area contributed by atoms with Gasteiger partial charge >= 0.3 is 0 Å². The summed E-state index contributed by atoms with van der Waals surface area (Å²) < 4.78 is 44.2. The number of amides is 1. The quantitative estimate of drug-likeness (QED) is 0.635. The summed E-state index contributed by atoms with van der Waals surface area (Å²) in [4.78, 5) is 13.4. The smallest absolute Gasteiger partial charge is 0.243 e. The fourth-order valence-corrected chi connectivity index (χ4v) is 5.74. The van der Waals surface area contributed by atoms with Gasteiger partial charge in [0.25, 0.3) is 0 Å². The van der Waals surface area contributed by atoms with E-state index in [1.165, 1.54) is 10.4 Å². The highest BCUT2D eigenvalue weighted by Crippen LogP contribution is 2.39. The van der Waals surface area contributed by atoms with Gasteiger partial charge < -0.3 is 19.5 Å². The molecule has 0 saturated carbocycles. The molecule has 0 aromatic heterocycles. The third-order valence-electron chi connectivity index (χ3n) is 6.08. The molecular formula is C23H28N2O6S. The maximum atomic E-state index is 13.3. The van der Waals surface area contributed by atoms with Gasteiger partial charge in [0.15, 0.2) is 11.5 Å². The Morgan fingerprint density at radius 1 is 1.06 bits per heavy atom. The lowest BCUT2D eigenvalue weighted by Crippen LogP contribution is -2.53. The first-order chi connectivity index (χ1) is 15.5. The Morgan fingerprint density at radius 3 is 2.44 bits per heavy atom. The van der Waals surface area contributed by atoms with Gasteiger partial charge in [-0.05, 0) is 30.5 Å². The molecule has 1 saturated heterocycles. The summed E-state index contributed by atoms with van der Waals surface area (Å²) in [5.74, 6) is 0.882. The Balaban J connectivity index is 1.55. The fourth-order valence-electron chi connectivity index (χ4n) is 4.28. The van der Waals surface area contributed by atoms with Crippen LogP contribution < -0.4 is 14.8 Å². The average Bonchev–Trinajstić information content (AvgIpc) is 2.84. The van der Waals surface area contributed by atoms with Crippen LogP contribution in [-0.2, 0) is 25.0 Å². The van der Waals surface area contributed by atoms with Crippen LogP contribution in [0.1, 0.15) is 18.4 Å². The molecule has 0 unspecified atom stereocenters. The summed E-state index contributed by atoms with van der Waals surface area (Å²) in [7, 11) is -2.14. The zero-order chi connectivity index (χ0) is 22.6. The molecule has 2 aromatic rings. The molecule has 1 amide bonds. The van der Waals surface area contributed by atoms with Crippen molar-refractivity contribution in [2.24, 2.45) is 0 Å². The van der Waals surface area contributed by atoms with E-state index >= 15 is 0 Å². The molecule has 0 aliphatic carbocycles. The first-order valence-electron chi connectivity index (χ1n) is 10.7. The Kier molecular flexibility index (Phi) is 6.68. The second-order valence-electron chi connectivity index (χ2n) is 7.91. The van der Waals surface area contributed by atoms with Crippen molar-refractivity contribution in [1.82, 2.24) is 9.62 Å². The predicted octanol–water partition coefficient (Wildman–Crippen LogP) is 1.94. The minimum absolute atomic E-state index is 0.0999. The monoisotopic (exact) mass is 460 g/mol. The molecule has 172 valence electrons. The van der Waals surface area contributed by atoms with Gasteiger partial charge in [0.05, 0.1) is 16.9 Å². The minimum atomic E-state index is -3.73. The van der Waals surface area contributed by atoms with Crippen LogP contribution in [0, 0.1) is 0 Å². The molecule has 4 rings (SSSR count). The van der Waals surface area contributed by atoms with Gasteiger partial charge in [0.1, 0.15) is 13.2 Å². The number of ether oxygens (including phenoxy) is 3. The Labute approximate surface area is 188 Å². The molecule has 2 aliphatic rings. The van der Waals surface area contributed by atoms with Gasteiger partial charge in [0, 0.05) is 32.8 Å². The van der Waals surface area contributed by atoms with Gasteiger partial charge in [0.2, 0.25) is 15.9 Å². The number of nitrogens with zero attached hydrogens (tertiary/aromatic N) is 1. The minimum Gasteiger partial charge on any atom is -0.486 e. The summed E-state index contributed by atoms with van der Waals surface area (Å²) in [5.41, 5.74) is 0.111. The Morgan fingerprint density at radius 2 is 1.75 bits per heavy atom. The van der Waals surface area contributed by atoms with E-state index < -0.39 is 15.4 Å². The molecule has 0 radical (unpaired) electrons. The molecule has 1 fully saturated rings. The van der Waals surface area contributed by atoms with E-state index in [0.29, 0.717) is 50.7 Å². The summed E-state index contributed by atoms with van der Waals surface area (Å²) in [6.45, 7) is 2.13. The molecule has 0 bridgehead atoms. The molecular weight excluding hydrogens is 432 g/mol. The van der Waals surface area contributed by atoms with Crippen molar-refractivity contribution in [3.63, 3.8) is 0 Å². The Bertz CT molecular complexity index is 1050. The zero-order valence-corrected chi connectivity index (χ0v) is 18.9. The predicted molar refractivity (Wildman–Crippen MR) is 118 cm³/mol. The molecule has 2 aliphatic heterocycles. The van der Waals surface area contributed by atoms with E-state index in [0.717, 1.165) is 5.56 Å². The van der Waals surface area contributed by atoms with Crippen molar-refractivity contribution < 1.29 is 27.4 Å². The van der Waals surface area contributed by atoms with Gasteiger partial charge in [-0.15, -0.1) is 0 Å². The van der Waals surface area contributed by atoms with Crippen LogP contribution in [0.5, 0.6) is 11.5 Å². The zero-order valence-electron chi connectivity index (χ0n) is 18.1. The summed E-state index contributed by atoms with van der Waals surface area (Å²) >= 11 is 0. The first-order valence-corrected chi connectivity index (χ1v) is 12.1. The van der Waals surface area contributed by atoms with Crippen molar-refractivity contribution in [2.75, 3.05) is 46.6 Å². The average molecular weight is 461 g/mol. The van der Waals surface area contributed by atoms with Crippen molar-refractivity contribution in [1.29, 1.82) is 0 Å². The van der Waals surface area contributed by atoms with Crippen molar-refractivity contribution in [2.45, 2.75) is 23.2 Å². The van der Waals surface area contributed by atoms with E-state index in [2.05, 4.69) is 5.32 Å². The molecule has 0 spiro atoms. The lowest BCUT2D eigenvalue weighted by Gasteiger charge is -2.40. The van der Waals surface area contributed by atoms with E-state index in [4.69, 9.17) is 14.2 Å². The van der Waals surface area contributed by atoms with E-state index in [1.54, 1.807) is 19.2 Å². The molecule has 1 N–H and O–H groups in total. The second kappa shape index (κ2) is 9.48. The first kappa shape index (κ1) is 22.6. The fraction of sp³-hybridized carbons (Fsp3) is 0.435. The number of hydrogen-bond acceptors (Lipinski definition) is 6. The number of rotatable bonds is 7. The summed E-state index contributed by atoms with van der Waals surface area (Å²) in [5, 5.41) is 2.95. The van der Waals surface area contributed by atoms with Crippen LogP contribution in [0.4, 0.5) is 0 Å². The highest BCUT2D eigenvalue weighted by Gasteiger charge is 2.45. The number of methoxy groups -OCH3 is 1. The highest BCUT2D eigenvalue weighted by molar-refractivity contribution is 7.89. The van der Waals surface area contributed by atoms with Crippen molar-refractivity contribution in [3.05, 3.63) is 54.1 Å². The molecule has 2 heterocycles. The molecule has 9 heteroatoms. The normalized spacial score (nSPS) is 18.2. The van der Waals surface area contributed by atoms with Crippen LogP contribution in [-0.4, -0.2) is 65.2 Å². The maximum Gasteiger partial charge on any atom is 0.243 e. The molecule has 0 atom stereocenters. The van der Waals surface area contributed by atoms with Gasteiger partial charge in [-0.1, -0.05) is 30.3 Å². The van der Waals surface area contributed by atoms with Crippen molar-refractivity contribution >= 4 is 15.9 Å². The number of carbonyl (C=O) groups is 1. The topological polar surface area (TPSA) is 94.2 Å². The number of hydrogen-bond donors (Lipinski definition) is 1. The standard InChI is InChI=1S/C23H28N2O6S/c1-29-14-11-24-22(26)23(18-5-3-2-4-6-18)9-12-25(13-10-23)32(27,28)19-7-8-20-21(17-19)31-16-15-30-20/h2-8,17H,9-16H2,1H3,(H,24,26). The Hall–Kier alpha value is -2.62. The van der Waals surface area contributed by atoms with E-state index in [9.17, 15) is 13.2 Å². The van der Waals surface area contributed by atoms with Crippen LogP contribution in [0.15, 0.2) is 53.4 Å². The molecule has 8 nitrogen and oxygen atoms in total. The summed E-state index contributed by atoms with van der Waals surface area (Å²) in [6, 6.07) is 14.3.